The Kier molecular flexibility index (Phi) is 2.64. The van der Waals surface area contributed by atoms with Crippen molar-refractivity contribution in [1.29, 1.82) is 0 Å². The van der Waals surface area contributed by atoms with Crippen LogP contribution in [0.4, 0.5) is 0 Å². The number of hydrogen-bond donors (Lipinski definition) is 1. The van der Waals surface area contributed by atoms with Gasteiger partial charge in [0.1, 0.15) is 0 Å². The normalized spacial score (nSPS) is 11.2. The lowest BCUT2D eigenvalue weighted by molar-refractivity contribution is 1.25. The Morgan fingerprint density at radius 2 is 2.33 bits per heavy atom. The van der Waals surface area contributed by atoms with E-state index in [1.54, 1.807) is 18.5 Å². The number of rotatable bonds is 3. The third kappa shape index (κ3) is 1.53. The molecule has 0 amide bonds. The monoisotopic (exact) mass is 160 g/mol. The van der Waals surface area contributed by atoms with E-state index in [-0.39, 0.29) is 0 Å². The lowest BCUT2D eigenvalue weighted by Gasteiger charge is -1.96. The number of nitrogens with zero attached hydrogens (tertiary/aromatic N) is 1. The van der Waals surface area contributed by atoms with Gasteiger partial charge in [0.05, 0.1) is 12.0 Å². The van der Waals surface area contributed by atoms with Crippen molar-refractivity contribution in [3.63, 3.8) is 0 Å². The van der Waals surface area contributed by atoms with Crippen LogP contribution in [-0.4, -0.2) is 9.97 Å². The molecule has 1 aromatic heterocycles. The zero-order valence-corrected chi connectivity index (χ0v) is 7.17. The fraction of sp³-hybridized carbons (Fsp3) is 0.100. The predicted octanol–water partition coefficient (Wildman–Crippen LogP) is 2.47. The minimum Gasteiger partial charge on any atom is -0.348 e. The van der Waals surface area contributed by atoms with E-state index >= 15 is 0 Å². The number of aromatic amines is 1. The van der Waals surface area contributed by atoms with Crippen molar-refractivity contribution >= 4 is 5.57 Å². The van der Waals surface area contributed by atoms with Crippen molar-refractivity contribution in [2.45, 2.75) is 6.92 Å². The first kappa shape index (κ1) is 8.53. The summed E-state index contributed by atoms with van der Waals surface area (Å²) in [6.07, 6.45) is 7.05. The smallest absolute Gasteiger partial charge is 0.0929 e. The van der Waals surface area contributed by atoms with Crippen LogP contribution in [0.3, 0.4) is 0 Å². The lowest BCUT2D eigenvalue weighted by Crippen LogP contribution is -1.83. The fourth-order valence-electron chi connectivity index (χ4n) is 1.02. The Balaban J connectivity index is 3.10. The topological polar surface area (TPSA) is 28.7 Å². The van der Waals surface area contributed by atoms with Crippen LogP contribution in [0.25, 0.3) is 5.57 Å². The molecule has 0 radical (unpaired) electrons. The minimum absolute atomic E-state index is 0.935. The average Bonchev–Trinajstić information content (AvgIpc) is 2.47. The molecular formula is C10H12N2. The molecule has 1 heterocycles. The van der Waals surface area contributed by atoms with E-state index in [2.05, 4.69) is 23.1 Å². The van der Waals surface area contributed by atoms with Crippen LogP contribution in [0, 0.1) is 6.92 Å². The molecule has 0 bridgehead atoms. The number of aryl methyl sites for hydroxylation is 1. The lowest BCUT2D eigenvalue weighted by atomic mass is 10.1. The molecule has 0 unspecified atom stereocenters. The van der Waals surface area contributed by atoms with Crippen LogP contribution in [0.2, 0.25) is 0 Å². The van der Waals surface area contributed by atoms with E-state index in [1.165, 1.54) is 0 Å². The van der Waals surface area contributed by atoms with Crippen LogP contribution in [0.5, 0.6) is 0 Å². The summed E-state index contributed by atoms with van der Waals surface area (Å²) in [6.45, 7) is 9.31. The predicted molar refractivity (Wildman–Crippen MR) is 51.7 cm³/mol. The minimum atomic E-state index is 0.935. The molecular weight excluding hydrogens is 148 g/mol. The second kappa shape index (κ2) is 3.72. The van der Waals surface area contributed by atoms with Gasteiger partial charge in [-0.3, -0.25) is 0 Å². The van der Waals surface area contributed by atoms with Gasteiger partial charge < -0.3 is 4.98 Å². The third-order valence-corrected chi connectivity index (χ3v) is 1.62. The number of hydrogen-bond acceptors (Lipinski definition) is 1. The van der Waals surface area contributed by atoms with Gasteiger partial charge >= 0.3 is 0 Å². The first-order chi connectivity index (χ1) is 5.79. The maximum Gasteiger partial charge on any atom is 0.0929 e. The first-order valence-corrected chi connectivity index (χ1v) is 3.75. The molecule has 0 aliphatic heterocycles. The molecule has 0 fully saturated rings. The van der Waals surface area contributed by atoms with Gasteiger partial charge in [0, 0.05) is 11.3 Å². The van der Waals surface area contributed by atoms with Gasteiger partial charge in [0.25, 0.3) is 0 Å². The molecule has 0 aliphatic rings. The molecule has 1 N–H and O–H groups in total. The standard InChI is InChI=1S/C10H12N2/c1-4-6-9(5-2)10-8(3)11-7-12-10/h4-7H,1-2H2,3H3,(H,11,12)/b9-6+. The highest BCUT2D eigenvalue weighted by molar-refractivity contribution is 5.73. The summed E-state index contributed by atoms with van der Waals surface area (Å²) >= 11 is 0. The van der Waals surface area contributed by atoms with Crippen LogP contribution in [-0.2, 0) is 0 Å². The van der Waals surface area contributed by atoms with Crippen molar-refractivity contribution in [1.82, 2.24) is 9.97 Å². The van der Waals surface area contributed by atoms with Crippen molar-refractivity contribution in [2.24, 2.45) is 0 Å². The summed E-state index contributed by atoms with van der Waals surface area (Å²) in [5.41, 5.74) is 2.97. The van der Waals surface area contributed by atoms with Gasteiger partial charge in [-0.05, 0) is 6.92 Å². The van der Waals surface area contributed by atoms with Crippen LogP contribution in [0.1, 0.15) is 11.4 Å². The van der Waals surface area contributed by atoms with E-state index in [0.29, 0.717) is 0 Å². The molecule has 2 nitrogen and oxygen atoms in total. The summed E-state index contributed by atoms with van der Waals surface area (Å²) < 4.78 is 0. The molecule has 0 saturated heterocycles. The number of imidazole rings is 1. The maximum absolute atomic E-state index is 4.16. The Hall–Kier alpha value is -1.57. The molecule has 0 spiro atoms. The Morgan fingerprint density at radius 3 is 2.75 bits per heavy atom. The van der Waals surface area contributed by atoms with Crippen molar-refractivity contribution < 1.29 is 0 Å². The zero-order chi connectivity index (χ0) is 8.97. The van der Waals surface area contributed by atoms with E-state index in [1.807, 2.05) is 13.0 Å². The highest BCUT2D eigenvalue weighted by Crippen LogP contribution is 2.15. The van der Waals surface area contributed by atoms with Crippen molar-refractivity contribution in [3.8, 4) is 0 Å². The fourth-order valence-corrected chi connectivity index (χ4v) is 1.02. The molecule has 62 valence electrons. The summed E-state index contributed by atoms with van der Waals surface area (Å²) in [6, 6.07) is 0. The Bertz CT molecular complexity index is 318. The molecule has 2 heteroatoms. The summed E-state index contributed by atoms with van der Waals surface area (Å²) in [7, 11) is 0. The first-order valence-electron chi connectivity index (χ1n) is 3.75. The SMILES string of the molecule is C=C/C=C(\C=C)c1nc[nH]c1C. The number of nitrogens with one attached hydrogen (secondary N) is 1. The van der Waals surface area contributed by atoms with Gasteiger partial charge in [-0.25, -0.2) is 4.98 Å². The maximum atomic E-state index is 4.16. The zero-order valence-electron chi connectivity index (χ0n) is 7.17. The summed E-state index contributed by atoms with van der Waals surface area (Å²) in [4.78, 5) is 7.17. The Labute approximate surface area is 72.3 Å². The van der Waals surface area contributed by atoms with Crippen molar-refractivity contribution in [3.05, 3.63) is 49.1 Å². The number of aromatic nitrogens is 2. The highest BCUT2D eigenvalue weighted by atomic mass is 14.9. The molecule has 0 atom stereocenters. The Morgan fingerprint density at radius 1 is 1.58 bits per heavy atom. The van der Waals surface area contributed by atoms with E-state index < -0.39 is 0 Å². The number of H-pyrrole nitrogens is 1. The largest absolute Gasteiger partial charge is 0.348 e. The third-order valence-electron chi connectivity index (χ3n) is 1.62. The summed E-state index contributed by atoms with van der Waals surface area (Å²) in [5.74, 6) is 0. The van der Waals surface area contributed by atoms with Gasteiger partial charge in [0.15, 0.2) is 0 Å². The quantitative estimate of drug-likeness (QED) is 0.676. The number of allylic oxidation sites excluding steroid dienone is 4. The second-order valence-corrected chi connectivity index (χ2v) is 2.44. The highest BCUT2D eigenvalue weighted by Gasteiger charge is 2.02. The average molecular weight is 160 g/mol. The molecule has 0 aromatic carbocycles. The molecule has 1 rings (SSSR count). The van der Waals surface area contributed by atoms with E-state index in [0.717, 1.165) is 17.0 Å². The summed E-state index contributed by atoms with van der Waals surface area (Å²) in [5, 5.41) is 0. The van der Waals surface area contributed by atoms with E-state index in [9.17, 15) is 0 Å². The van der Waals surface area contributed by atoms with Crippen LogP contribution >= 0.6 is 0 Å². The second-order valence-electron chi connectivity index (χ2n) is 2.44. The molecule has 1 aromatic rings. The molecule has 0 aliphatic carbocycles. The van der Waals surface area contributed by atoms with Gasteiger partial charge in [-0.2, -0.15) is 0 Å². The van der Waals surface area contributed by atoms with Crippen LogP contribution in [0.15, 0.2) is 37.7 Å². The molecule has 0 saturated carbocycles. The van der Waals surface area contributed by atoms with Gasteiger partial charge in [-0.15, -0.1) is 0 Å². The van der Waals surface area contributed by atoms with Crippen molar-refractivity contribution in [2.75, 3.05) is 0 Å². The van der Waals surface area contributed by atoms with Crippen LogP contribution < -0.4 is 0 Å². The molecule has 12 heavy (non-hydrogen) atoms. The van der Waals surface area contributed by atoms with Gasteiger partial charge in [-0.1, -0.05) is 31.4 Å². The van der Waals surface area contributed by atoms with Gasteiger partial charge in [0.2, 0.25) is 0 Å². The van der Waals surface area contributed by atoms with E-state index in [4.69, 9.17) is 0 Å².